The number of anilines is 2. The molecule has 0 saturated carbocycles. The van der Waals surface area contributed by atoms with Crippen LogP contribution >= 0.6 is 11.8 Å². The molecule has 0 atom stereocenters. The number of pyridine rings is 1. The van der Waals surface area contributed by atoms with Gasteiger partial charge in [-0.2, -0.15) is 5.26 Å². The zero-order valence-corrected chi connectivity index (χ0v) is 15.0. The molecule has 1 fully saturated rings. The number of thioether (sulfide) groups is 1. The van der Waals surface area contributed by atoms with Gasteiger partial charge < -0.3 is 9.80 Å². The first-order valence-electron chi connectivity index (χ1n) is 7.87. The minimum absolute atomic E-state index is 0.453. The molecule has 2 aromatic heterocycles. The summed E-state index contributed by atoms with van der Waals surface area (Å²) in [5.74, 6) is 1.05. The van der Waals surface area contributed by atoms with Crippen LogP contribution in [0.3, 0.4) is 0 Å². The van der Waals surface area contributed by atoms with E-state index >= 15 is 0 Å². The quantitative estimate of drug-likeness (QED) is 0.628. The normalized spacial score (nSPS) is 14.6. The molecular weight excluding hydrogens is 320 g/mol. The third kappa shape index (κ3) is 3.29. The number of hydrogen-bond donors (Lipinski definition) is 0. The summed E-state index contributed by atoms with van der Waals surface area (Å²) in [7, 11) is 0. The van der Waals surface area contributed by atoms with Crippen molar-refractivity contribution in [3.05, 3.63) is 35.3 Å². The lowest BCUT2D eigenvalue weighted by atomic mass is 10.2. The fraction of sp³-hybridized carbons (Fsp3) is 0.412. The molecule has 0 bridgehead atoms. The van der Waals surface area contributed by atoms with E-state index in [-0.39, 0.29) is 0 Å². The van der Waals surface area contributed by atoms with Crippen molar-refractivity contribution in [3.8, 4) is 6.07 Å². The number of piperazine rings is 1. The highest BCUT2D eigenvalue weighted by Crippen LogP contribution is 2.25. The Balaban J connectivity index is 1.73. The van der Waals surface area contributed by atoms with E-state index in [9.17, 15) is 0 Å². The first-order valence-corrected chi connectivity index (χ1v) is 9.10. The molecule has 6 nitrogen and oxygen atoms in total. The first kappa shape index (κ1) is 16.5. The highest BCUT2D eigenvalue weighted by molar-refractivity contribution is 7.98. The summed E-state index contributed by atoms with van der Waals surface area (Å²) >= 11 is 1.58. The van der Waals surface area contributed by atoms with Crippen LogP contribution in [-0.4, -0.2) is 47.4 Å². The average Bonchev–Trinajstić information content (AvgIpc) is 2.64. The lowest BCUT2D eigenvalue weighted by Gasteiger charge is -2.37. The van der Waals surface area contributed by atoms with E-state index in [0.29, 0.717) is 5.69 Å². The molecule has 3 heterocycles. The Kier molecular flexibility index (Phi) is 4.86. The minimum Gasteiger partial charge on any atom is -0.367 e. The van der Waals surface area contributed by atoms with Gasteiger partial charge in [-0.15, -0.1) is 0 Å². The predicted octanol–water partition coefficient (Wildman–Crippen LogP) is 2.41. The molecule has 1 aliphatic rings. The van der Waals surface area contributed by atoms with Crippen molar-refractivity contribution < 1.29 is 0 Å². The van der Waals surface area contributed by atoms with Crippen LogP contribution in [0.1, 0.15) is 17.0 Å². The summed E-state index contributed by atoms with van der Waals surface area (Å²) in [4.78, 5) is 18.0. The van der Waals surface area contributed by atoms with Crippen LogP contribution in [0.15, 0.2) is 23.5 Å². The summed E-state index contributed by atoms with van der Waals surface area (Å²) in [6.45, 7) is 7.76. The molecule has 0 unspecified atom stereocenters. The maximum Gasteiger partial charge on any atom is 0.189 e. The van der Waals surface area contributed by atoms with Gasteiger partial charge in [-0.3, -0.25) is 0 Å². The molecule has 0 aromatic carbocycles. The molecule has 0 N–H and O–H groups in total. The highest BCUT2D eigenvalue weighted by atomic mass is 32.2. The standard InChI is InChI=1S/C17H20N6S/c1-12-13(2)20-17(24-3)21-16(12)23-8-6-22(7-9-23)15-5-4-14(10-18)19-11-15/h4-5,11H,6-9H2,1-3H3. The van der Waals surface area contributed by atoms with Gasteiger partial charge in [0.2, 0.25) is 0 Å². The Morgan fingerprint density at radius 3 is 2.38 bits per heavy atom. The van der Waals surface area contributed by atoms with Crippen molar-refractivity contribution in [3.63, 3.8) is 0 Å². The summed E-state index contributed by atoms with van der Waals surface area (Å²) in [6.07, 6.45) is 3.78. The Hall–Kier alpha value is -2.33. The molecule has 0 amide bonds. The lowest BCUT2D eigenvalue weighted by Crippen LogP contribution is -2.47. The van der Waals surface area contributed by atoms with Gasteiger partial charge in [0.05, 0.1) is 11.9 Å². The van der Waals surface area contributed by atoms with E-state index in [1.54, 1.807) is 24.0 Å². The Morgan fingerprint density at radius 2 is 1.79 bits per heavy atom. The number of nitriles is 1. The van der Waals surface area contributed by atoms with E-state index in [2.05, 4.69) is 32.8 Å². The van der Waals surface area contributed by atoms with Crippen molar-refractivity contribution in [2.24, 2.45) is 0 Å². The number of hydrogen-bond acceptors (Lipinski definition) is 7. The van der Waals surface area contributed by atoms with Gasteiger partial charge in [0.1, 0.15) is 17.6 Å². The van der Waals surface area contributed by atoms with Crippen LogP contribution < -0.4 is 9.80 Å². The van der Waals surface area contributed by atoms with Crippen molar-refractivity contribution in [1.82, 2.24) is 15.0 Å². The van der Waals surface area contributed by atoms with Crippen LogP contribution in [0.5, 0.6) is 0 Å². The van der Waals surface area contributed by atoms with Crippen molar-refractivity contribution in [2.45, 2.75) is 19.0 Å². The number of aryl methyl sites for hydroxylation is 1. The molecule has 2 aromatic rings. The Labute approximate surface area is 146 Å². The number of rotatable bonds is 3. The smallest absolute Gasteiger partial charge is 0.189 e. The maximum atomic E-state index is 8.84. The fourth-order valence-corrected chi connectivity index (χ4v) is 3.21. The first-order chi connectivity index (χ1) is 11.6. The van der Waals surface area contributed by atoms with Gasteiger partial charge in [-0.05, 0) is 32.2 Å². The second-order valence-corrected chi connectivity index (χ2v) is 6.51. The van der Waals surface area contributed by atoms with Gasteiger partial charge in [0.25, 0.3) is 0 Å². The Bertz CT molecular complexity index is 760. The topological polar surface area (TPSA) is 68.9 Å². The molecule has 124 valence electrons. The third-order valence-corrected chi connectivity index (χ3v) is 4.88. The monoisotopic (exact) mass is 340 g/mol. The molecule has 7 heteroatoms. The zero-order chi connectivity index (χ0) is 17.1. The van der Waals surface area contributed by atoms with Crippen LogP contribution in [-0.2, 0) is 0 Å². The van der Waals surface area contributed by atoms with Crippen molar-refractivity contribution >= 4 is 23.3 Å². The van der Waals surface area contributed by atoms with Gasteiger partial charge in [-0.1, -0.05) is 11.8 Å². The molecule has 1 saturated heterocycles. The Morgan fingerprint density at radius 1 is 1.08 bits per heavy atom. The van der Waals surface area contributed by atoms with Crippen molar-refractivity contribution in [1.29, 1.82) is 5.26 Å². The maximum absolute atomic E-state index is 8.84. The van der Waals surface area contributed by atoms with Gasteiger partial charge in [-0.25, -0.2) is 15.0 Å². The largest absolute Gasteiger partial charge is 0.367 e. The van der Waals surface area contributed by atoms with Gasteiger partial charge in [0.15, 0.2) is 5.16 Å². The molecule has 24 heavy (non-hydrogen) atoms. The molecule has 0 spiro atoms. The predicted molar refractivity (Wildman–Crippen MR) is 96.7 cm³/mol. The van der Waals surface area contributed by atoms with Crippen LogP contribution in [0, 0.1) is 25.2 Å². The molecule has 0 radical (unpaired) electrons. The molecule has 0 aliphatic carbocycles. The van der Waals surface area contributed by atoms with E-state index in [0.717, 1.165) is 54.1 Å². The summed E-state index contributed by atoms with van der Waals surface area (Å²) in [5.41, 5.74) is 3.72. The highest BCUT2D eigenvalue weighted by Gasteiger charge is 2.21. The van der Waals surface area contributed by atoms with Crippen LogP contribution in [0.4, 0.5) is 11.5 Å². The summed E-state index contributed by atoms with van der Waals surface area (Å²) in [6, 6.07) is 5.79. The second-order valence-electron chi connectivity index (χ2n) is 5.73. The minimum atomic E-state index is 0.453. The van der Waals surface area contributed by atoms with E-state index < -0.39 is 0 Å². The van der Waals surface area contributed by atoms with Crippen LogP contribution in [0.2, 0.25) is 0 Å². The van der Waals surface area contributed by atoms with Gasteiger partial charge >= 0.3 is 0 Å². The van der Waals surface area contributed by atoms with E-state index in [1.165, 1.54) is 0 Å². The van der Waals surface area contributed by atoms with E-state index in [1.807, 2.05) is 19.2 Å². The number of nitrogens with zero attached hydrogens (tertiary/aromatic N) is 6. The zero-order valence-electron chi connectivity index (χ0n) is 14.2. The molecule has 3 rings (SSSR count). The van der Waals surface area contributed by atoms with Crippen LogP contribution in [0.25, 0.3) is 0 Å². The van der Waals surface area contributed by atoms with E-state index in [4.69, 9.17) is 10.2 Å². The summed E-state index contributed by atoms with van der Waals surface area (Å²) < 4.78 is 0. The number of aromatic nitrogens is 3. The SMILES string of the molecule is CSc1nc(C)c(C)c(N2CCN(c3ccc(C#N)nc3)CC2)n1. The van der Waals surface area contributed by atoms with Gasteiger partial charge in [0, 0.05) is 37.4 Å². The average molecular weight is 340 g/mol. The lowest BCUT2D eigenvalue weighted by molar-refractivity contribution is 0.639. The van der Waals surface area contributed by atoms with Crippen molar-refractivity contribution in [2.75, 3.05) is 42.2 Å². The fourth-order valence-electron chi connectivity index (χ4n) is 2.80. The second kappa shape index (κ2) is 7.05. The molecule has 1 aliphatic heterocycles. The summed E-state index contributed by atoms with van der Waals surface area (Å²) in [5, 5.41) is 9.67. The third-order valence-electron chi connectivity index (χ3n) is 4.33. The molecular formula is C17H20N6S.